The van der Waals surface area contributed by atoms with Gasteiger partial charge >= 0.3 is 6.09 Å². The van der Waals surface area contributed by atoms with Gasteiger partial charge in [0.1, 0.15) is 23.5 Å². The third-order valence-electron chi connectivity index (χ3n) is 4.05. The fourth-order valence-corrected chi connectivity index (χ4v) is 2.95. The molecule has 2 N–H and O–H groups in total. The number of rotatable bonds is 5. The van der Waals surface area contributed by atoms with E-state index in [4.69, 9.17) is 9.47 Å². The number of hydrogen-bond acceptors (Lipinski definition) is 5. The van der Waals surface area contributed by atoms with E-state index in [1.807, 2.05) is 6.92 Å². The van der Waals surface area contributed by atoms with Gasteiger partial charge in [-0.3, -0.25) is 4.79 Å². The van der Waals surface area contributed by atoms with E-state index in [2.05, 4.69) is 9.97 Å². The number of aromatic nitrogens is 2. The van der Waals surface area contributed by atoms with E-state index in [0.29, 0.717) is 35.6 Å². The van der Waals surface area contributed by atoms with Gasteiger partial charge in [0.05, 0.1) is 24.5 Å². The number of nitrogens with one attached hydrogen (secondary N) is 1. The van der Waals surface area contributed by atoms with Crippen molar-refractivity contribution < 1.29 is 19.4 Å². The lowest BCUT2D eigenvalue weighted by atomic mass is 10.2. The predicted octanol–water partition coefficient (Wildman–Crippen LogP) is 1.84. The first kappa shape index (κ1) is 16.1. The van der Waals surface area contributed by atoms with E-state index < -0.39 is 6.09 Å². The lowest BCUT2D eigenvalue weighted by molar-refractivity contribution is 0.123. The molecule has 8 nitrogen and oxygen atoms in total. The molecule has 1 aromatic heterocycles. The smallest absolute Gasteiger partial charge is 0.407 e. The Balaban J connectivity index is 1.90. The highest BCUT2D eigenvalue weighted by Gasteiger charge is 2.29. The van der Waals surface area contributed by atoms with Crippen LogP contribution in [0.4, 0.5) is 4.79 Å². The molecule has 2 heterocycles. The van der Waals surface area contributed by atoms with Gasteiger partial charge in [0.2, 0.25) is 0 Å². The Bertz CT molecular complexity index is 804. The summed E-state index contributed by atoms with van der Waals surface area (Å²) in [6.45, 7) is 3.03. The standard InChI is InChI=1S/C16H19N3O5/c1-2-23-11-6-12-14(15(20)18-9-17-12)13(7-11)24-8-10-4-3-5-19(10)16(21)22/h6-7,9-10H,2-5,8H2,1H3,(H,21,22)(H,17,18,20)/t10-/m1/s1. The van der Waals surface area contributed by atoms with Crippen molar-refractivity contribution in [3.8, 4) is 11.5 Å². The van der Waals surface area contributed by atoms with Gasteiger partial charge in [-0.25, -0.2) is 9.78 Å². The maximum Gasteiger partial charge on any atom is 0.407 e. The Labute approximate surface area is 138 Å². The van der Waals surface area contributed by atoms with E-state index in [9.17, 15) is 14.7 Å². The van der Waals surface area contributed by atoms with Gasteiger partial charge in [0.25, 0.3) is 5.56 Å². The molecule has 1 saturated heterocycles. The number of hydrogen-bond donors (Lipinski definition) is 2. The van der Waals surface area contributed by atoms with Crippen molar-refractivity contribution in [1.29, 1.82) is 0 Å². The van der Waals surface area contributed by atoms with Crippen LogP contribution in [-0.2, 0) is 0 Å². The molecule has 128 valence electrons. The lowest BCUT2D eigenvalue weighted by Gasteiger charge is -2.22. The molecular weight excluding hydrogens is 314 g/mol. The highest BCUT2D eigenvalue weighted by Crippen LogP contribution is 2.29. The van der Waals surface area contributed by atoms with E-state index in [-0.39, 0.29) is 18.2 Å². The molecule has 0 radical (unpaired) electrons. The lowest BCUT2D eigenvalue weighted by Crippen LogP contribution is -2.38. The average molecular weight is 333 g/mol. The highest BCUT2D eigenvalue weighted by molar-refractivity contribution is 5.85. The molecule has 1 aliphatic rings. The second-order valence-corrected chi connectivity index (χ2v) is 5.56. The summed E-state index contributed by atoms with van der Waals surface area (Å²) in [5, 5.41) is 9.53. The molecule has 0 saturated carbocycles. The molecule has 1 atom stereocenters. The third kappa shape index (κ3) is 3.12. The molecule has 0 spiro atoms. The van der Waals surface area contributed by atoms with E-state index in [1.165, 1.54) is 11.2 Å². The van der Waals surface area contributed by atoms with Crippen molar-refractivity contribution >= 4 is 17.0 Å². The molecule has 0 unspecified atom stereocenters. The van der Waals surface area contributed by atoms with Crippen molar-refractivity contribution in [3.63, 3.8) is 0 Å². The summed E-state index contributed by atoms with van der Waals surface area (Å²) < 4.78 is 11.3. The van der Waals surface area contributed by atoms with Crippen LogP contribution in [0.25, 0.3) is 10.9 Å². The Hall–Kier alpha value is -2.77. The minimum Gasteiger partial charge on any atom is -0.494 e. The fraction of sp³-hybridized carbons (Fsp3) is 0.438. The maximum atomic E-state index is 12.1. The van der Waals surface area contributed by atoms with Crippen molar-refractivity contribution in [2.24, 2.45) is 0 Å². The van der Waals surface area contributed by atoms with Crippen LogP contribution in [0.2, 0.25) is 0 Å². The minimum absolute atomic E-state index is 0.186. The number of fused-ring (bicyclic) bond motifs is 1. The molecule has 3 rings (SSSR count). The Morgan fingerprint density at radius 1 is 1.46 bits per heavy atom. The second-order valence-electron chi connectivity index (χ2n) is 5.56. The van der Waals surface area contributed by atoms with Crippen molar-refractivity contribution in [3.05, 3.63) is 28.8 Å². The molecular formula is C16H19N3O5. The van der Waals surface area contributed by atoms with Gasteiger partial charge in [-0.2, -0.15) is 0 Å². The molecule has 1 aliphatic heterocycles. The van der Waals surface area contributed by atoms with Gasteiger partial charge in [-0.1, -0.05) is 0 Å². The summed E-state index contributed by atoms with van der Waals surface area (Å²) in [4.78, 5) is 31.4. The molecule has 8 heteroatoms. The quantitative estimate of drug-likeness (QED) is 0.865. The van der Waals surface area contributed by atoms with Crippen molar-refractivity contribution in [2.75, 3.05) is 19.8 Å². The summed E-state index contributed by atoms with van der Waals surface area (Å²) in [7, 11) is 0. The third-order valence-corrected chi connectivity index (χ3v) is 4.05. The monoisotopic (exact) mass is 333 g/mol. The van der Waals surface area contributed by atoms with Gasteiger partial charge in [0, 0.05) is 18.7 Å². The first-order valence-corrected chi connectivity index (χ1v) is 7.86. The highest BCUT2D eigenvalue weighted by atomic mass is 16.5. The van der Waals surface area contributed by atoms with Crippen LogP contribution >= 0.6 is 0 Å². The Kier molecular flexibility index (Phi) is 4.54. The number of carbonyl (C=O) groups is 1. The average Bonchev–Trinajstić information content (AvgIpc) is 3.01. The minimum atomic E-state index is -0.950. The Morgan fingerprint density at radius 3 is 3.04 bits per heavy atom. The molecule has 0 aliphatic carbocycles. The van der Waals surface area contributed by atoms with Gasteiger partial charge < -0.3 is 24.5 Å². The zero-order valence-electron chi connectivity index (χ0n) is 13.3. The molecule has 24 heavy (non-hydrogen) atoms. The zero-order valence-corrected chi connectivity index (χ0v) is 13.3. The number of nitrogens with zero attached hydrogens (tertiary/aromatic N) is 2. The van der Waals surface area contributed by atoms with E-state index in [0.717, 1.165) is 12.8 Å². The summed E-state index contributed by atoms with van der Waals surface area (Å²) >= 11 is 0. The van der Waals surface area contributed by atoms with Crippen molar-refractivity contribution in [2.45, 2.75) is 25.8 Å². The number of H-pyrrole nitrogens is 1. The summed E-state index contributed by atoms with van der Waals surface area (Å²) in [5.41, 5.74) is 0.167. The number of ether oxygens (including phenoxy) is 2. The van der Waals surface area contributed by atoms with Crippen LogP contribution in [0.15, 0.2) is 23.3 Å². The summed E-state index contributed by atoms with van der Waals surface area (Å²) in [6, 6.07) is 3.10. The zero-order chi connectivity index (χ0) is 17.1. The van der Waals surface area contributed by atoms with Gasteiger partial charge in [0.15, 0.2) is 0 Å². The number of amides is 1. The van der Waals surface area contributed by atoms with E-state index in [1.54, 1.807) is 12.1 Å². The summed E-state index contributed by atoms with van der Waals surface area (Å²) in [5.74, 6) is 0.905. The Morgan fingerprint density at radius 2 is 2.29 bits per heavy atom. The SMILES string of the molecule is CCOc1cc(OC[C@H]2CCCN2C(=O)O)c2c(=O)[nH]cnc2c1. The first-order chi connectivity index (χ1) is 11.6. The fourth-order valence-electron chi connectivity index (χ4n) is 2.95. The molecule has 1 fully saturated rings. The van der Waals surface area contributed by atoms with Crippen molar-refractivity contribution in [1.82, 2.24) is 14.9 Å². The largest absolute Gasteiger partial charge is 0.494 e. The number of aromatic amines is 1. The number of likely N-dealkylation sites (tertiary alicyclic amines) is 1. The van der Waals surface area contributed by atoms with Gasteiger partial charge in [-0.05, 0) is 19.8 Å². The molecule has 1 amide bonds. The van der Waals surface area contributed by atoms with Crippen LogP contribution in [-0.4, -0.2) is 51.9 Å². The van der Waals surface area contributed by atoms with Crippen LogP contribution < -0.4 is 15.0 Å². The van der Waals surface area contributed by atoms with Crippen LogP contribution in [0, 0.1) is 0 Å². The first-order valence-electron chi connectivity index (χ1n) is 7.86. The van der Waals surface area contributed by atoms with Crippen LogP contribution in [0.3, 0.4) is 0 Å². The second kappa shape index (κ2) is 6.77. The van der Waals surface area contributed by atoms with Crippen LogP contribution in [0.1, 0.15) is 19.8 Å². The maximum absolute atomic E-state index is 12.1. The predicted molar refractivity (Wildman–Crippen MR) is 86.8 cm³/mol. The summed E-state index contributed by atoms with van der Waals surface area (Å²) in [6.07, 6.45) is 1.92. The molecule has 1 aromatic carbocycles. The molecule has 2 aromatic rings. The molecule has 0 bridgehead atoms. The van der Waals surface area contributed by atoms with Gasteiger partial charge in [-0.15, -0.1) is 0 Å². The van der Waals surface area contributed by atoms with E-state index >= 15 is 0 Å². The normalized spacial score (nSPS) is 17.2. The topological polar surface area (TPSA) is 105 Å². The van der Waals surface area contributed by atoms with Crippen LogP contribution in [0.5, 0.6) is 11.5 Å². The number of carboxylic acid groups (broad SMARTS) is 1. The number of benzene rings is 1.